The Kier molecular flexibility index (Phi) is 3.40. The summed E-state index contributed by atoms with van der Waals surface area (Å²) >= 11 is 2.90. The highest BCUT2D eigenvalue weighted by molar-refractivity contribution is 9.10. The van der Waals surface area contributed by atoms with Crippen molar-refractivity contribution in [2.24, 2.45) is 0 Å². The lowest BCUT2D eigenvalue weighted by Gasteiger charge is -1.98. The van der Waals surface area contributed by atoms with E-state index in [4.69, 9.17) is 5.11 Å². The minimum atomic E-state index is -0.749. The highest BCUT2D eigenvalue weighted by Gasteiger charge is 2.09. The molecular formula is C9H5BrF2O. The second-order valence-electron chi connectivity index (χ2n) is 2.18. The van der Waals surface area contributed by atoms with Gasteiger partial charge in [-0.1, -0.05) is 11.8 Å². The van der Waals surface area contributed by atoms with Crippen molar-refractivity contribution in [1.29, 1.82) is 0 Å². The molecule has 1 N–H and O–H groups in total. The number of aliphatic hydroxyl groups is 1. The van der Waals surface area contributed by atoms with Crippen LogP contribution in [0.3, 0.4) is 0 Å². The molecule has 0 amide bonds. The third kappa shape index (κ3) is 2.27. The van der Waals surface area contributed by atoms with Gasteiger partial charge in [-0.15, -0.1) is 0 Å². The first-order valence-corrected chi connectivity index (χ1v) is 4.19. The lowest BCUT2D eigenvalue weighted by Crippen LogP contribution is -1.91. The van der Waals surface area contributed by atoms with E-state index < -0.39 is 18.2 Å². The monoisotopic (exact) mass is 246 g/mol. The van der Waals surface area contributed by atoms with Crippen molar-refractivity contribution in [2.45, 2.75) is 0 Å². The Labute approximate surface area is 82.5 Å². The molecule has 0 aromatic heterocycles. The first-order chi connectivity index (χ1) is 6.16. The molecule has 0 saturated carbocycles. The molecule has 68 valence electrons. The van der Waals surface area contributed by atoms with Crippen molar-refractivity contribution in [3.8, 4) is 11.8 Å². The van der Waals surface area contributed by atoms with Gasteiger partial charge in [-0.2, -0.15) is 0 Å². The number of rotatable bonds is 0. The number of hydrogen-bond donors (Lipinski definition) is 1. The fraction of sp³-hybridized carbons (Fsp3) is 0.111. The minimum absolute atomic E-state index is 0.149. The Morgan fingerprint density at radius 3 is 2.69 bits per heavy atom. The van der Waals surface area contributed by atoms with Crippen LogP contribution in [0.2, 0.25) is 0 Å². The van der Waals surface area contributed by atoms with Gasteiger partial charge in [0.15, 0.2) is 5.82 Å². The lowest BCUT2D eigenvalue weighted by atomic mass is 10.2. The molecule has 0 aliphatic rings. The van der Waals surface area contributed by atoms with Crippen molar-refractivity contribution >= 4 is 15.9 Å². The van der Waals surface area contributed by atoms with E-state index in [9.17, 15) is 8.78 Å². The molecule has 0 atom stereocenters. The van der Waals surface area contributed by atoms with Crippen molar-refractivity contribution in [3.63, 3.8) is 0 Å². The Morgan fingerprint density at radius 1 is 1.38 bits per heavy atom. The number of benzene rings is 1. The maximum atomic E-state index is 13.1. The van der Waals surface area contributed by atoms with E-state index in [0.717, 1.165) is 6.07 Å². The summed E-state index contributed by atoms with van der Waals surface area (Å²) in [5, 5.41) is 8.35. The summed E-state index contributed by atoms with van der Waals surface area (Å²) in [6.07, 6.45) is 0. The van der Waals surface area contributed by atoms with Gasteiger partial charge in [-0.25, -0.2) is 8.78 Å². The zero-order chi connectivity index (χ0) is 9.84. The molecule has 0 aliphatic carbocycles. The molecule has 0 radical (unpaired) electrons. The van der Waals surface area contributed by atoms with Gasteiger partial charge in [0, 0.05) is 0 Å². The van der Waals surface area contributed by atoms with Crippen molar-refractivity contribution in [1.82, 2.24) is 0 Å². The molecular weight excluding hydrogens is 242 g/mol. The summed E-state index contributed by atoms with van der Waals surface area (Å²) in [5.74, 6) is 2.89. The van der Waals surface area contributed by atoms with E-state index in [1.165, 1.54) is 6.07 Å². The molecule has 0 bridgehead atoms. The van der Waals surface area contributed by atoms with Crippen molar-refractivity contribution in [3.05, 3.63) is 33.8 Å². The quantitative estimate of drug-likeness (QED) is 0.549. The summed E-state index contributed by atoms with van der Waals surface area (Å²) in [6.45, 7) is -0.425. The van der Waals surface area contributed by atoms with Crippen LogP contribution in [0.15, 0.2) is 16.6 Å². The van der Waals surface area contributed by atoms with E-state index in [-0.39, 0.29) is 10.0 Å². The normalized spacial score (nSPS) is 9.23. The average molecular weight is 247 g/mol. The van der Waals surface area contributed by atoms with E-state index >= 15 is 0 Å². The van der Waals surface area contributed by atoms with Crippen LogP contribution >= 0.6 is 15.9 Å². The van der Waals surface area contributed by atoms with Crippen LogP contribution in [0.5, 0.6) is 0 Å². The molecule has 1 rings (SSSR count). The topological polar surface area (TPSA) is 20.2 Å². The van der Waals surface area contributed by atoms with Crippen LogP contribution in [-0.4, -0.2) is 11.7 Å². The van der Waals surface area contributed by atoms with Gasteiger partial charge < -0.3 is 5.11 Å². The van der Waals surface area contributed by atoms with E-state index in [1.54, 1.807) is 0 Å². The summed E-state index contributed by atoms with van der Waals surface area (Å²) in [7, 11) is 0. The molecule has 1 aromatic rings. The number of hydrogen-bond acceptors (Lipinski definition) is 1. The predicted octanol–water partition coefficient (Wildman–Crippen LogP) is 2.07. The van der Waals surface area contributed by atoms with Gasteiger partial charge in [0.2, 0.25) is 0 Å². The van der Waals surface area contributed by atoms with Gasteiger partial charge >= 0.3 is 0 Å². The van der Waals surface area contributed by atoms with Gasteiger partial charge in [-0.05, 0) is 28.1 Å². The Balaban J connectivity index is 3.25. The van der Waals surface area contributed by atoms with Crippen LogP contribution in [0, 0.1) is 23.5 Å². The van der Waals surface area contributed by atoms with Crippen LogP contribution in [0.25, 0.3) is 0 Å². The van der Waals surface area contributed by atoms with E-state index in [0.29, 0.717) is 0 Å². The second-order valence-corrected chi connectivity index (χ2v) is 3.03. The molecule has 0 aliphatic heterocycles. The largest absolute Gasteiger partial charge is 0.384 e. The smallest absolute Gasteiger partial charge is 0.155 e. The SMILES string of the molecule is OCC#Cc1c(F)ccc(Br)c1F. The molecule has 13 heavy (non-hydrogen) atoms. The summed E-state index contributed by atoms with van der Waals surface area (Å²) in [5.41, 5.74) is -0.330. The highest BCUT2D eigenvalue weighted by Crippen LogP contribution is 2.20. The maximum Gasteiger partial charge on any atom is 0.155 e. The van der Waals surface area contributed by atoms with Crippen molar-refractivity contribution < 1.29 is 13.9 Å². The van der Waals surface area contributed by atoms with Crippen LogP contribution in [-0.2, 0) is 0 Å². The zero-order valence-electron chi connectivity index (χ0n) is 6.44. The molecule has 0 spiro atoms. The first-order valence-electron chi connectivity index (χ1n) is 3.40. The van der Waals surface area contributed by atoms with Crippen LogP contribution in [0.4, 0.5) is 8.78 Å². The maximum absolute atomic E-state index is 13.1. The van der Waals surface area contributed by atoms with Crippen molar-refractivity contribution in [2.75, 3.05) is 6.61 Å². The minimum Gasteiger partial charge on any atom is -0.384 e. The molecule has 0 saturated heterocycles. The third-order valence-corrected chi connectivity index (χ3v) is 1.95. The zero-order valence-corrected chi connectivity index (χ0v) is 8.03. The summed E-state index contributed by atoms with van der Waals surface area (Å²) in [4.78, 5) is 0. The van der Waals surface area contributed by atoms with Crippen LogP contribution < -0.4 is 0 Å². The first kappa shape index (κ1) is 10.2. The summed E-state index contributed by atoms with van der Waals surface area (Å²) in [6, 6.07) is 2.36. The van der Waals surface area contributed by atoms with E-state index in [2.05, 4.69) is 27.8 Å². The van der Waals surface area contributed by atoms with Gasteiger partial charge in [-0.3, -0.25) is 0 Å². The Bertz CT molecular complexity index is 379. The molecule has 1 aromatic carbocycles. The Morgan fingerprint density at radius 2 is 2.08 bits per heavy atom. The van der Waals surface area contributed by atoms with Crippen LogP contribution in [0.1, 0.15) is 5.56 Å². The van der Waals surface area contributed by atoms with Gasteiger partial charge in [0.25, 0.3) is 0 Å². The highest BCUT2D eigenvalue weighted by atomic mass is 79.9. The standard InChI is InChI=1S/C9H5BrF2O/c10-7-3-4-8(11)6(9(7)12)2-1-5-13/h3-4,13H,5H2. The Hall–Kier alpha value is -0.920. The number of halogens is 3. The molecule has 0 heterocycles. The average Bonchev–Trinajstić information content (AvgIpc) is 2.12. The fourth-order valence-electron chi connectivity index (χ4n) is 0.770. The molecule has 4 heteroatoms. The molecule has 1 nitrogen and oxygen atoms in total. The van der Waals surface area contributed by atoms with Gasteiger partial charge in [0.1, 0.15) is 12.4 Å². The second kappa shape index (κ2) is 4.35. The fourth-order valence-corrected chi connectivity index (χ4v) is 1.10. The summed E-state index contributed by atoms with van der Waals surface area (Å²) < 4.78 is 26.2. The van der Waals surface area contributed by atoms with Gasteiger partial charge in [0.05, 0.1) is 10.0 Å². The molecule has 0 unspecified atom stereocenters. The number of aliphatic hydroxyl groups excluding tert-OH is 1. The molecule has 0 fully saturated rings. The lowest BCUT2D eigenvalue weighted by molar-refractivity contribution is 0.350. The van der Waals surface area contributed by atoms with E-state index in [1.807, 2.05) is 0 Å². The predicted molar refractivity (Wildman–Crippen MR) is 48.0 cm³/mol. The third-order valence-electron chi connectivity index (χ3n) is 1.34.